The predicted octanol–water partition coefficient (Wildman–Crippen LogP) is 0.268. The fraction of sp³-hybridized carbons (Fsp3) is 0. The maximum atomic E-state index is 10.4. The first-order chi connectivity index (χ1) is 4.66. The van der Waals surface area contributed by atoms with Crippen LogP contribution < -0.4 is 0 Å². The number of carboxylic acid groups (broad SMARTS) is 1. The third-order valence-electron chi connectivity index (χ3n) is 0.629. The molecule has 4 nitrogen and oxygen atoms in total. The molecule has 0 spiro atoms. The zero-order chi connectivity index (χ0) is 7.98. The number of aliphatic hydroxyl groups excluding tert-OH is 1. The highest BCUT2D eigenvalue weighted by molar-refractivity contribution is 6.02. The molecule has 0 aromatic carbocycles. The number of aliphatic carboxylic acids is 1. The summed E-state index contributed by atoms with van der Waals surface area (Å²) in [5, 5.41) is 16.0. The molecule has 0 bridgehead atoms. The molecular formula is C6H6O4. The van der Waals surface area contributed by atoms with E-state index in [1.165, 1.54) is 0 Å². The lowest BCUT2D eigenvalue weighted by Gasteiger charge is -1.78. The highest BCUT2D eigenvalue weighted by Crippen LogP contribution is 1.78. The Morgan fingerprint density at radius 1 is 1.10 bits per heavy atom. The van der Waals surface area contributed by atoms with Crippen molar-refractivity contribution in [1.29, 1.82) is 0 Å². The summed E-state index contributed by atoms with van der Waals surface area (Å²) in [6.07, 6.45) is 2.94. The van der Waals surface area contributed by atoms with E-state index in [0.29, 0.717) is 12.3 Å². The molecule has 0 radical (unpaired) electrons. The second-order valence-corrected chi connectivity index (χ2v) is 1.39. The second-order valence-electron chi connectivity index (χ2n) is 1.39. The molecule has 54 valence electrons. The standard InChI is InChI=1S/C6H6O4/c7-4-3-5(8)1-2-6(9)10/h1-4,7H,(H,9,10)/b2-1-,4-3+. The van der Waals surface area contributed by atoms with Crippen LogP contribution in [0.2, 0.25) is 0 Å². The van der Waals surface area contributed by atoms with E-state index in [1.54, 1.807) is 0 Å². The Balaban J connectivity index is 3.90. The molecule has 0 aliphatic rings. The molecule has 0 aromatic rings. The summed E-state index contributed by atoms with van der Waals surface area (Å²) in [4.78, 5) is 20.1. The fourth-order valence-electron chi connectivity index (χ4n) is 0.282. The minimum absolute atomic E-state index is 0.550. The quantitative estimate of drug-likeness (QED) is 0.438. The monoisotopic (exact) mass is 142 g/mol. The average molecular weight is 142 g/mol. The molecule has 0 amide bonds. The molecule has 4 heteroatoms. The number of ketones is 1. The van der Waals surface area contributed by atoms with Gasteiger partial charge in [0, 0.05) is 12.2 Å². The van der Waals surface area contributed by atoms with Gasteiger partial charge in [0.25, 0.3) is 0 Å². The minimum Gasteiger partial charge on any atom is -0.515 e. The van der Waals surface area contributed by atoms with Crippen LogP contribution >= 0.6 is 0 Å². The first-order valence-electron chi connectivity index (χ1n) is 2.42. The van der Waals surface area contributed by atoms with E-state index >= 15 is 0 Å². The first kappa shape index (κ1) is 8.42. The van der Waals surface area contributed by atoms with Gasteiger partial charge in [-0.3, -0.25) is 4.79 Å². The van der Waals surface area contributed by atoms with Crippen molar-refractivity contribution in [3.8, 4) is 0 Å². The van der Waals surface area contributed by atoms with E-state index in [1.807, 2.05) is 0 Å². The van der Waals surface area contributed by atoms with Gasteiger partial charge in [0.15, 0.2) is 5.78 Å². The molecule has 0 aliphatic carbocycles. The average Bonchev–Trinajstić information content (AvgIpc) is 1.85. The zero-order valence-corrected chi connectivity index (χ0v) is 5.02. The van der Waals surface area contributed by atoms with Gasteiger partial charge in [-0.25, -0.2) is 4.79 Å². The third kappa shape index (κ3) is 4.58. The van der Waals surface area contributed by atoms with Crippen LogP contribution in [0.1, 0.15) is 0 Å². The van der Waals surface area contributed by atoms with Gasteiger partial charge in [-0.2, -0.15) is 0 Å². The number of aliphatic hydroxyl groups is 1. The number of carbonyl (C=O) groups excluding carboxylic acids is 1. The number of hydrogen-bond acceptors (Lipinski definition) is 3. The highest BCUT2D eigenvalue weighted by Gasteiger charge is 1.89. The Bertz CT molecular complexity index is 190. The van der Waals surface area contributed by atoms with Crippen LogP contribution in [0, 0.1) is 0 Å². The Morgan fingerprint density at radius 2 is 1.70 bits per heavy atom. The van der Waals surface area contributed by atoms with E-state index in [-0.39, 0.29) is 0 Å². The summed E-state index contributed by atoms with van der Waals surface area (Å²) < 4.78 is 0. The van der Waals surface area contributed by atoms with Gasteiger partial charge in [-0.15, -0.1) is 0 Å². The van der Waals surface area contributed by atoms with Gasteiger partial charge in [-0.05, 0) is 6.08 Å². The lowest BCUT2D eigenvalue weighted by molar-refractivity contribution is -0.131. The van der Waals surface area contributed by atoms with Crippen molar-refractivity contribution in [2.75, 3.05) is 0 Å². The molecule has 10 heavy (non-hydrogen) atoms. The van der Waals surface area contributed by atoms with E-state index < -0.39 is 11.8 Å². The van der Waals surface area contributed by atoms with Crippen molar-refractivity contribution in [2.45, 2.75) is 0 Å². The largest absolute Gasteiger partial charge is 0.515 e. The van der Waals surface area contributed by atoms with Crippen molar-refractivity contribution >= 4 is 11.8 Å². The summed E-state index contributed by atoms with van der Waals surface area (Å²) in [6, 6.07) is 0. The van der Waals surface area contributed by atoms with Gasteiger partial charge in [0.2, 0.25) is 0 Å². The van der Waals surface area contributed by atoms with E-state index in [2.05, 4.69) is 0 Å². The SMILES string of the molecule is O=C(O)/C=C\C(=O)/C=C/O. The van der Waals surface area contributed by atoms with Crippen LogP contribution in [0.3, 0.4) is 0 Å². The number of carbonyl (C=O) groups is 2. The fourth-order valence-corrected chi connectivity index (χ4v) is 0.282. The summed E-state index contributed by atoms with van der Waals surface area (Å²) >= 11 is 0. The molecule has 0 fully saturated rings. The topological polar surface area (TPSA) is 74.6 Å². The lowest BCUT2D eigenvalue weighted by atomic mass is 10.3. The van der Waals surface area contributed by atoms with Gasteiger partial charge in [0.1, 0.15) is 0 Å². The molecule has 0 atom stereocenters. The van der Waals surface area contributed by atoms with Gasteiger partial charge in [0.05, 0.1) is 6.26 Å². The smallest absolute Gasteiger partial charge is 0.328 e. The Hall–Kier alpha value is -1.58. The number of hydrogen-bond donors (Lipinski definition) is 2. The minimum atomic E-state index is -1.19. The molecule has 0 unspecified atom stereocenters. The molecule has 0 saturated heterocycles. The maximum absolute atomic E-state index is 10.4. The summed E-state index contributed by atoms with van der Waals surface area (Å²) in [5.74, 6) is -1.76. The summed E-state index contributed by atoms with van der Waals surface area (Å²) in [5.41, 5.74) is 0. The van der Waals surface area contributed by atoms with Crippen molar-refractivity contribution in [2.24, 2.45) is 0 Å². The molecular weight excluding hydrogens is 136 g/mol. The van der Waals surface area contributed by atoms with Crippen LogP contribution in [0.4, 0.5) is 0 Å². The van der Waals surface area contributed by atoms with Crippen LogP contribution in [0.25, 0.3) is 0 Å². The predicted molar refractivity (Wildman–Crippen MR) is 33.6 cm³/mol. The van der Waals surface area contributed by atoms with Crippen molar-refractivity contribution in [1.82, 2.24) is 0 Å². The second kappa shape index (κ2) is 4.31. The van der Waals surface area contributed by atoms with Crippen LogP contribution in [0.5, 0.6) is 0 Å². The van der Waals surface area contributed by atoms with Gasteiger partial charge < -0.3 is 10.2 Å². The summed E-state index contributed by atoms with van der Waals surface area (Å²) in [6.45, 7) is 0. The Kier molecular flexibility index (Phi) is 3.63. The maximum Gasteiger partial charge on any atom is 0.328 e. The molecule has 0 saturated carbocycles. The van der Waals surface area contributed by atoms with Crippen LogP contribution in [0.15, 0.2) is 24.5 Å². The molecule has 0 aliphatic heterocycles. The number of rotatable bonds is 3. The van der Waals surface area contributed by atoms with E-state index in [9.17, 15) is 9.59 Å². The van der Waals surface area contributed by atoms with Gasteiger partial charge >= 0.3 is 5.97 Å². The van der Waals surface area contributed by atoms with Crippen molar-refractivity contribution < 1.29 is 19.8 Å². The Labute approximate surface area is 57.1 Å². The first-order valence-corrected chi connectivity index (χ1v) is 2.42. The zero-order valence-electron chi connectivity index (χ0n) is 5.02. The molecule has 0 rings (SSSR count). The molecule has 0 aromatic heterocycles. The van der Waals surface area contributed by atoms with E-state index in [0.717, 1.165) is 12.2 Å². The normalized spacial score (nSPS) is 10.8. The summed E-state index contributed by atoms with van der Waals surface area (Å²) in [7, 11) is 0. The van der Waals surface area contributed by atoms with Crippen LogP contribution in [-0.2, 0) is 9.59 Å². The molecule has 2 N–H and O–H groups in total. The number of carboxylic acids is 1. The van der Waals surface area contributed by atoms with Crippen LogP contribution in [-0.4, -0.2) is 22.0 Å². The Morgan fingerprint density at radius 3 is 2.10 bits per heavy atom. The van der Waals surface area contributed by atoms with Crippen molar-refractivity contribution in [3.05, 3.63) is 24.5 Å². The number of allylic oxidation sites excluding steroid dienone is 2. The molecule has 0 heterocycles. The lowest BCUT2D eigenvalue weighted by Crippen LogP contribution is -1.90. The van der Waals surface area contributed by atoms with Crippen molar-refractivity contribution in [3.63, 3.8) is 0 Å². The third-order valence-corrected chi connectivity index (χ3v) is 0.629. The van der Waals surface area contributed by atoms with Gasteiger partial charge in [-0.1, -0.05) is 0 Å². The van der Waals surface area contributed by atoms with E-state index in [4.69, 9.17) is 10.2 Å². The highest BCUT2D eigenvalue weighted by atomic mass is 16.4.